The van der Waals surface area contributed by atoms with Crippen molar-refractivity contribution in [3.8, 4) is 5.75 Å². The van der Waals surface area contributed by atoms with Crippen molar-refractivity contribution in [1.82, 2.24) is 4.72 Å². The van der Waals surface area contributed by atoms with Crippen molar-refractivity contribution in [1.29, 1.82) is 0 Å². The van der Waals surface area contributed by atoms with Crippen LogP contribution >= 0.6 is 0 Å². The highest BCUT2D eigenvalue weighted by Crippen LogP contribution is 2.42. The van der Waals surface area contributed by atoms with Gasteiger partial charge in [-0.25, -0.2) is 17.5 Å². The Balaban J connectivity index is 1.64. The molecule has 8 heteroatoms. The Bertz CT molecular complexity index is 1020. The molecule has 1 fully saturated rings. The maximum absolute atomic E-state index is 14.6. The lowest BCUT2D eigenvalue weighted by Gasteiger charge is -2.21. The van der Waals surface area contributed by atoms with Gasteiger partial charge in [0.25, 0.3) is 0 Å². The Morgan fingerprint density at radius 2 is 1.89 bits per heavy atom. The molecule has 0 bridgehead atoms. The van der Waals surface area contributed by atoms with Crippen molar-refractivity contribution in [3.63, 3.8) is 0 Å². The van der Waals surface area contributed by atoms with Crippen LogP contribution in [0, 0.1) is 11.7 Å². The van der Waals surface area contributed by atoms with Gasteiger partial charge in [0.05, 0.1) is 7.11 Å². The molecule has 1 aliphatic carbocycles. The van der Waals surface area contributed by atoms with Crippen LogP contribution in [0.2, 0.25) is 0 Å². The van der Waals surface area contributed by atoms with Gasteiger partial charge in [-0.1, -0.05) is 12.1 Å². The van der Waals surface area contributed by atoms with Crippen LogP contribution in [0.5, 0.6) is 5.75 Å². The van der Waals surface area contributed by atoms with Crippen LogP contribution in [0.25, 0.3) is 0 Å². The van der Waals surface area contributed by atoms with Gasteiger partial charge in [0.1, 0.15) is 16.5 Å². The minimum absolute atomic E-state index is 0.183. The minimum Gasteiger partial charge on any atom is -0.497 e. The predicted molar refractivity (Wildman–Crippen MR) is 102 cm³/mol. The number of rotatable bonds is 6. The number of sulfonamides is 1. The lowest BCUT2D eigenvalue weighted by atomic mass is 10.0. The van der Waals surface area contributed by atoms with Crippen molar-refractivity contribution in [2.75, 3.05) is 12.4 Å². The number of carbonyl (C=O) groups is 1. The molecule has 4 rings (SSSR count). The maximum atomic E-state index is 14.6. The van der Waals surface area contributed by atoms with Gasteiger partial charge < -0.3 is 10.1 Å². The van der Waals surface area contributed by atoms with Crippen molar-refractivity contribution in [2.45, 2.75) is 36.6 Å². The summed E-state index contributed by atoms with van der Waals surface area (Å²) >= 11 is 0. The van der Waals surface area contributed by atoms with Gasteiger partial charge in [-0.3, -0.25) is 4.79 Å². The van der Waals surface area contributed by atoms with Crippen LogP contribution in [-0.2, 0) is 21.2 Å². The zero-order chi connectivity index (χ0) is 19.9. The molecule has 1 heterocycles. The number of hydrogen-bond donors (Lipinski definition) is 2. The number of halogens is 1. The molecule has 0 aromatic heterocycles. The molecular weight excluding hydrogens is 383 g/mol. The second-order valence-corrected chi connectivity index (χ2v) is 8.88. The molecule has 1 aliphatic heterocycles. The number of methoxy groups -OCH3 is 1. The molecule has 1 amide bonds. The molecule has 2 aliphatic rings. The van der Waals surface area contributed by atoms with E-state index in [4.69, 9.17) is 4.74 Å². The summed E-state index contributed by atoms with van der Waals surface area (Å²) in [5, 5.41) is 2.58. The summed E-state index contributed by atoms with van der Waals surface area (Å²) in [5.41, 5.74) is 1.77. The Morgan fingerprint density at radius 1 is 1.18 bits per heavy atom. The van der Waals surface area contributed by atoms with Crippen molar-refractivity contribution in [3.05, 3.63) is 53.3 Å². The van der Waals surface area contributed by atoms with Crippen molar-refractivity contribution >= 4 is 21.6 Å². The highest BCUT2D eigenvalue weighted by atomic mass is 32.2. The summed E-state index contributed by atoms with van der Waals surface area (Å²) in [6, 6.07) is 9.19. The molecule has 6 nitrogen and oxygen atoms in total. The Labute approximate surface area is 163 Å². The fourth-order valence-corrected chi connectivity index (χ4v) is 4.90. The SMILES string of the molecule is COc1ccc(C(NS(=O)(=O)c2cc3c(cc2F)NC(=O)CC3)C2CC2)cc1. The normalized spacial score (nSPS) is 17.6. The molecule has 0 spiro atoms. The fourth-order valence-electron chi connectivity index (χ4n) is 3.49. The quantitative estimate of drug-likeness (QED) is 0.775. The number of hydrogen-bond acceptors (Lipinski definition) is 4. The van der Waals surface area contributed by atoms with Crippen LogP contribution in [0.15, 0.2) is 41.3 Å². The van der Waals surface area contributed by atoms with Crippen LogP contribution in [0.1, 0.15) is 36.4 Å². The number of amides is 1. The number of nitrogens with one attached hydrogen (secondary N) is 2. The first-order valence-electron chi connectivity index (χ1n) is 9.16. The van der Waals surface area contributed by atoms with Crippen LogP contribution in [-0.4, -0.2) is 21.4 Å². The molecule has 148 valence electrons. The summed E-state index contributed by atoms with van der Waals surface area (Å²) in [6.07, 6.45) is 2.46. The number of benzene rings is 2. The third kappa shape index (κ3) is 3.74. The molecule has 1 unspecified atom stereocenters. The molecule has 2 N–H and O–H groups in total. The van der Waals surface area contributed by atoms with Gasteiger partial charge in [-0.15, -0.1) is 0 Å². The first kappa shape index (κ1) is 18.9. The molecule has 28 heavy (non-hydrogen) atoms. The number of aryl methyl sites for hydroxylation is 1. The monoisotopic (exact) mass is 404 g/mol. The summed E-state index contributed by atoms with van der Waals surface area (Å²) in [4.78, 5) is 11.1. The lowest BCUT2D eigenvalue weighted by molar-refractivity contribution is -0.116. The maximum Gasteiger partial charge on any atom is 0.244 e. The van der Waals surface area contributed by atoms with Crippen LogP contribution in [0.4, 0.5) is 10.1 Å². The van der Waals surface area contributed by atoms with E-state index >= 15 is 0 Å². The molecule has 0 radical (unpaired) electrons. The molecule has 1 saturated carbocycles. The van der Waals surface area contributed by atoms with Gasteiger partial charge in [0, 0.05) is 18.2 Å². The van der Waals surface area contributed by atoms with Gasteiger partial charge >= 0.3 is 0 Å². The van der Waals surface area contributed by atoms with E-state index < -0.39 is 21.9 Å². The van der Waals surface area contributed by atoms with E-state index in [1.165, 1.54) is 6.07 Å². The number of anilines is 1. The highest BCUT2D eigenvalue weighted by molar-refractivity contribution is 7.89. The van der Waals surface area contributed by atoms with E-state index in [1.807, 2.05) is 12.1 Å². The molecule has 1 atom stereocenters. The number of ether oxygens (including phenoxy) is 1. The zero-order valence-corrected chi connectivity index (χ0v) is 16.2. The highest BCUT2D eigenvalue weighted by Gasteiger charge is 2.36. The summed E-state index contributed by atoms with van der Waals surface area (Å²) in [5.74, 6) is -0.209. The van der Waals surface area contributed by atoms with Gasteiger partial charge in [-0.2, -0.15) is 0 Å². The number of carbonyl (C=O) groups excluding carboxylic acids is 1. The molecular formula is C20H21FN2O4S. The summed E-state index contributed by atoms with van der Waals surface area (Å²) in [6.45, 7) is 0. The third-order valence-electron chi connectivity index (χ3n) is 5.19. The Kier molecular flexibility index (Phi) is 4.84. The predicted octanol–water partition coefficient (Wildman–Crippen LogP) is 3.15. The average molecular weight is 404 g/mol. The Hall–Kier alpha value is -2.45. The van der Waals surface area contributed by atoms with E-state index in [9.17, 15) is 17.6 Å². The van der Waals surface area contributed by atoms with E-state index in [-0.39, 0.29) is 23.1 Å². The fraction of sp³-hybridized carbons (Fsp3) is 0.350. The average Bonchev–Trinajstić information content (AvgIpc) is 3.50. The smallest absolute Gasteiger partial charge is 0.244 e. The minimum atomic E-state index is -4.07. The first-order valence-corrected chi connectivity index (χ1v) is 10.6. The molecule has 2 aromatic rings. The summed E-state index contributed by atoms with van der Waals surface area (Å²) in [7, 11) is -2.51. The van der Waals surface area contributed by atoms with Crippen LogP contribution < -0.4 is 14.8 Å². The second kappa shape index (κ2) is 7.18. The van der Waals surface area contributed by atoms with Gasteiger partial charge in [-0.05, 0) is 60.6 Å². The topological polar surface area (TPSA) is 84.5 Å². The van der Waals surface area contributed by atoms with E-state index in [1.54, 1.807) is 19.2 Å². The van der Waals surface area contributed by atoms with E-state index in [2.05, 4.69) is 10.0 Å². The van der Waals surface area contributed by atoms with Crippen LogP contribution in [0.3, 0.4) is 0 Å². The van der Waals surface area contributed by atoms with Crippen molar-refractivity contribution in [2.24, 2.45) is 5.92 Å². The first-order chi connectivity index (χ1) is 13.4. The number of fused-ring (bicyclic) bond motifs is 1. The van der Waals surface area contributed by atoms with Gasteiger partial charge in [0.2, 0.25) is 15.9 Å². The molecule has 2 aromatic carbocycles. The second-order valence-electron chi connectivity index (χ2n) is 7.20. The van der Waals surface area contributed by atoms with E-state index in [0.717, 1.165) is 24.5 Å². The zero-order valence-electron chi connectivity index (χ0n) is 15.4. The summed E-state index contributed by atoms with van der Waals surface area (Å²) < 4.78 is 48.4. The largest absolute Gasteiger partial charge is 0.497 e. The van der Waals surface area contributed by atoms with Crippen molar-refractivity contribution < 1.29 is 22.3 Å². The van der Waals surface area contributed by atoms with Gasteiger partial charge in [0.15, 0.2) is 0 Å². The lowest BCUT2D eigenvalue weighted by Crippen LogP contribution is -2.31. The van der Waals surface area contributed by atoms with E-state index in [0.29, 0.717) is 23.4 Å². The standard InChI is InChI=1S/C20H21FN2O4S/c1-27-15-7-4-13(5-8-15)20(12-2-3-12)23-28(25,26)18-10-14-6-9-19(24)22-17(14)11-16(18)21/h4-5,7-8,10-12,20,23H,2-3,6,9H2,1H3,(H,22,24). The Morgan fingerprint density at radius 3 is 2.54 bits per heavy atom. The third-order valence-corrected chi connectivity index (χ3v) is 6.65. The molecule has 0 saturated heterocycles.